The van der Waals surface area contributed by atoms with Crippen molar-refractivity contribution in [3.63, 3.8) is 0 Å². The van der Waals surface area contributed by atoms with Crippen LogP contribution >= 0.6 is 0 Å². The lowest BCUT2D eigenvalue weighted by molar-refractivity contribution is -0.137. The number of hydrogen-bond acceptors (Lipinski definition) is 5. The highest BCUT2D eigenvalue weighted by Gasteiger charge is 2.43. The Balaban J connectivity index is 2.66. The van der Waals surface area contributed by atoms with E-state index >= 15 is 0 Å². The zero-order chi connectivity index (χ0) is 21.8. The molecule has 0 fully saturated rings. The summed E-state index contributed by atoms with van der Waals surface area (Å²) < 4.78 is 29.1. The predicted molar refractivity (Wildman–Crippen MR) is 111 cm³/mol. The van der Waals surface area contributed by atoms with Crippen molar-refractivity contribution < 1.29 is 27.9 Å². The highest BCUT2D eigenvalue weighted by molar-refractivity contribution is 7.92. The summed E-state index contributed by atoms with van der Waals surface area (Å²) in [6.07, 6.45) is 3.65. The summed E-state index contributed by atoms with van der Waals surface area (Å²) >= 11 is 0. The maximum atomic E-state index is 12.6. The van der Waals surface area contributed by atoms with Gasteiger partial charge in [-0.15, -0.1) is 0 Å². The molecule has 0 aromatic heterocycles. The molecule has 1 aliphatic rings. The monoisotopic (exact) mass is 421 g/mol. The first-order valence-corrected chi connectivity index (χ1v) is 11.2. The Morgan fingerprint density at radius 1 is 1.28 bits per heavy atom. The smallest absolute Gasteiger partial charge is 0.305 e. The zero-order valence-electron chi connectivity index (χ0n) is 17.1. The number of carbonyl (C=O) groups excluding carboxylic acids is 1. The number of nitrogens with zero attached hydrogens (tertiary/aromatic N) is 1. The number of allylic oxidation sites excluding steroid dienone is 2. The van der Waals surface area contributed by atoms with Crippen molar-refractivity contribution in [2.24, 2.45) is 0 Å². The first-order chi connectivity index (χ1) is 13.5. The Morgan fingerprint density at radius 2 is 1.93 bits per heavy atom. The minimum atomic E-state index is -3.73. The second kappa shape index (κ2) is 8.82. The highest BCUT2D eigenvalue weighted by atomic mass is 32.2. The van der Waals surface area contributed by atoms with E-state index in [9.17, 15) is 23.1 Å². The number of amides is 1. The first kappa shape index (κ1) is 22.7. The molecule has 1 amide bonds. The SMILES string of the molecule is CCN(Cc1ccccc1C1=C[C@@](CC(=O)O)(S(C)(=O)=O)CC=C1OC)C(C)=O. The minimum absolute atomic E-state index is 0.0154. The Labute approximate surface area is 171 Å². The molecule has 0 unspecified atom stereocenters. The summed E-state index contributed by atoms with van der Waals surface area (Å²) in [7, 11) is -2.24. The first-order valence-electron chi connectivity index (χ1n) is 9.27. The van der Waals surface area contributed by atoms with Gasteiger partial charge in [-0.1, -0.05) is 30.3 Å². The summed E-state index contributed by atoms with van der Waals surface area (Å²) in [6.45, 7) is 4.25. The summed E-state index contributed by atoms with van der Waals surface area (Å²) in [6, 6.07) is 7.34. The van der Waals surface area contributed by atoms with Gasteiger partial charge in [-0.2, -0.15) is 0 Å². The number of benzene rings is 1. The van der Waals surface area contributed by atoms with Crippen molar-refractivity contribution in [3.8, 4) is 0 Å². The van der Waals surface area contributed by atoms with Gasteiger partial charge in [0.25, 0.3) is 0 Å². The van der Waals surface area contributed by atoms with Crippen LogP contribution in [0.3, 0.4) is 0 Å². The standard InChI is InChI=1S/C21H27NO6S/c1-5-22(15(2)23)14-16-8-6-7-9-17(16)18-12-21(13-20(24)25,29(4,26)27)11-10-19(18)28-3/h6-10,12H,5,11,13-14H2,1-4H3,(H,24,25)/t21-/m0/s1. The molecule has 0 radical (unpaired) electrons. The van der Waals surface area contributed by atoms with E-state index in [1.165, 1.54) is 20.1 Å². The quantitative estimate of drug-likeness (QED) is 0.692. The normalized spacial score (nSPS) is 19.2. The number of carboxylic acids is 1. The van der Waals surface area contributed by atoms with Gasteiger partial charge < -0.3 is 14.7 Å². The number of sulfone groups is 1. The topological polar surface area (TPSA) is 101 Å². The van der Waals surface area contributed by atoms with Crippen LogP contribution in [0.1, 0.15) is 37.8 Å². The summed E-state index contributed by atoms with van der Waals surface area (Å²) in [5.74, 6) is -0.783. The molecule has 1 aliphatic carbocycles. The van der Waals surface area contributed by atoms with Crippen LogP contribution in [0, 0.1) is 0 Å². The van der Waals surface area contributed by atoms with Gasteiger partial charge in [0, 0.05) is 31.8 Å². The third-order valence-corrected chi connectivity index (χ3v) is 7.12. The zero-order valence-corrected chi connectivity index (χ0v) is 18.0. The molecule has 29 heavy (non-hydrogen) atoms. The predicted octanol–water partition coefficient (Wildman–Crippen LogP) is 2.63. The number of carboxylic acid groups (broad SMARTS) is 1. The lowest BCUT2D eigenvalue weighted by Gasteiger charge is -2.32. The fourth-order valence-corrected chi connectivity index (χ4v) is 4.62. The van der Waals surface area contributed by atoms with Crippen molar-refractivity contribution in [1.29, 1.82) is 0 Å². The van der Waals surface area contributed by atoms with Crippen molar-refractivity contribution in [2.75, 3.05) is 19.9 Å². The molecule has 7 nitrogen and oxygen atoms in total. The third-order valence-electron chi connectivity index (χ3n) is 5.21. The largest absolute Gasteiger partial charge is 0.496 e. The highest BCUT2D eigenvalue weighted by Crippen LogP contribution is 2.40. The Hall–Kier alpha value is -2.61. The molecular weight excluding hydrogens is 394 g/mol. The third kappa shape index (κ3) is 4.87. The molecule has 0 heterocycles. The van der Waals surface area contributed by atoms with Gasteiger partial charge >= 0.3 is 5.97 Å². The minimum Gasteiger partial charge on any atom is -0.496 e. The number of ether oxygens (including phenoxy) is 1. The van der Waals surface area contributed by atoms with Crippen LogP contribution in [0.4, 0.5) is 0 Å². The molecule has 0 aliphatic heterocycles. The van der Waals surface area contributed by atoms with Crippen molar-refractivity contribution >= 4 is 27.3 Å². The molecule has 0 spiro atoms. The molecule has 0 saturated carbocycles. The number of hydrogen-bond donors (Lipinski definition) is 1. The van der Waals surface area contributed by atoms with E-state index in [0.29, 0.717) is 30.0 Å². The van der Waals surface area contributed by atoms with E-state index in [0.717, 1.165) is 11.8 Å². The van der Waals surface area contributed by atoms with Crippen LogP contribution in [0.5, 0.6) is 0 Å². The molecule has 2 rings (SSSR count). The lowest BCUT2D eigenvalue weighted by atomic mass is 9.86. The Bertz CT molecular complexity index is 963. The van der Waals surface area contributed by atoms with Gasteiger partial charge in [0.05, 0.1) is 13.5 Å². The molecule has 1 aromatic carbocycles. The van der Waals surface area contributed by atoms with Gasteiger partial charge in [0.1, 0.15) is 10.5 Å². The molecule has 0 bridgehead atoms. The molecule has 0 saturated heterocycles. The second-order valence-electron chi connectivity index (χ2n) is 7.13. The van der Waals surface area contributed by atoms with Gasteiger partial charge in [-0.25, -0.2) is 8.42 Å². The number of rotatable bonds is 8. The fraction of sp³-hybridized carbons (Fsp3) is 0.429. The van der Waals surface area contributed by atoms with Crippen LogP contribution < -0.4 is 0 Å². The second-order valence-corrected chi connectivity index (χ2v) is 9.49. The Kier molecular flexibility index (Phi) is 6.89. The van der Waals surface area contributed by atoms with Gasteiger partial charge in [0.15, 0.2) is 9.84 Å². The van der Waals surface area contributed by atoms with E-state index < -0.39 is 27.0 Å². The van der Waals surface area contributed by atoms with E-state index in [1.54, 1.807) is 11.0 Å². The maximum absolute atomic E-state index is 12.6. The van der Waals surface area contributed by atoms with Gasteiger partial charge in [0.2, 0.25) is 5.91 Å². The number of methoxy groups -OCH3 is 1. The van der Waals surface area contributed by atoms with Crippen molar-refractivity contribution in [1.82, 2.24) is 4.90 Å². The van der Waals surface area contributed by atoms with Crippen LogP contribution in [-0.2, 0) is 30.7 Å². The summed E-state index contributed by atoms with van der Waals surface area (Å²) in [5, 5.41) is 9.35. The van der Waals surface area contributed by atoms with Crippen LogP contribution in [0.2, 0.25) is 0 Å². The maximum Gasteiger partial charge on any atom is 0.305 e. The lowest BCUT2D eigenvalue weighted by Crippen LogP contribution is -2.39. The van der Waals surface area contributed by atoms with Crippen molar-refractivity contribution in [2.45, 2.75) is 38.0 Å². The van der Waals surface area contributed by atoms with E-state index in [2.05, 4.69) is 0 Å². The van der Waals surface area contributed by atoms with Gasteiger partial charge in [-0.3, -0.25) is 9.59 Å². The number of carbonyl (C=O) groups is 2. The Morgan fingerprint density at radius 3 is 2.45 bits per heavy atom. The molecule has 1 atom stereocenters. The molecule has 1 N–H and O–H groups in total. The summed E-state index contributed by atoms with van der Waals surface area (Å²) in [5.41, 5.74) is 2.04. The van der Waals surface area contributed by atoms with Crippen molar-refractivity contribution in [3.05, 3.63) is 53.3 Å². The molecular formula is C21H27NO6S. The fourth-order valence-electron chi connectivity index (χ4n) is 3.51. The van der Waals surface area contributed by atoms with Crippen LogP contribution in [0.15, 0.2) is 42.2 Å². The average Bonchev–Trinajstić information content (AvgIpc) is 2.64. The van der Waals surface area contributed by atoms with Crippen LogP contribution in [0.25, 0.3) is 5.57 Å². The molecule has 158 valence electrons. The van der Waals surface area contributed by atoms with E-state index in [-0.39, 0.29) is 12.3 Å². The number of aliphatic carboxylic acids is 1. The molecule has 8 heteroatoms. The molecule has 1 aromatic rings. The van der Waals surface area contributed by atoms with E-state index in [1.807, 2.05) is 31.2 Å². The van der Waals surface area contributed by atoms with Crippen LogP contribution in [-0.4, -0.2) is 55.0 Å². The van der Waals surface area contributed by atoms with E-state index in [4.69, 9.17) is 4.74 Å². The average molecular weight is 422 g/mol. The summed E-state index contributed by atoms with van der Waals surface area (Å²) in [4.78, 5) is 25.0. The van der Waals surface area contributed by atoms with Gasteiger partial charge in [-0.05, 0) is 30.5 Å².